The van der Waals surface area contributed by atoms with Crippen molar-refractivity contribution in [3.05, 3.63) is 91.0 Å². The summed E-state index contributed by atoms with van der Waals surface area (Å²) in [5.74, 6) is 2.73. The zero-order valence-electron chi connectivity index (χ0n) is 17.4. The topological polar surface area (TPSA) is 44.2 Å². The van der Waals surface area contributed by atoms with Crippen LogP contribution in [0.2, 0.25) is 0 Å². The van der Waals surface area contributed by atoms with Gasteiger partial charge >= 0.3 is 0 Å². The van der Waals surface area contributed by atoms with Crippen LogP contribution in [0.1, 0.15) is 13.8 Å². The molecule has 0 aliphatic heterocycles. The lowest BCUT2D eigenvalue weighted by Crippen LogP contribution is -2.05. The van der Waals surface area contributed by atoms with Gasteiger partial charge in [-0.1, -0.05) is 42.5 Å². The fourth-order valence-electron chi connectivity index (χ4n) is 3.55. The zero-order valence-corrected chi connectivity index (χ0v) is 17.4. The molecular formula is C27H22N2O2. The number of nitrogens with zero attached hydrogens (tertiary/aromatic N) is 2. The van der Waals surface area contributed by atoms with E-state index in [0.717, 1.165) is 33.4 Å². The highest BCUT2D eigenvalue weighted by Crippen LogP contribution is 2.32. The largest absolute Gasteiger partial charge is 0.491 e. The quantitative estimate of drug-likeness (QED) is 0.314. The van der Waals surface area contributed by atoms with Gasteiger partial charge in [-0.2, -0.15) is 4.98 Å². The Bertz CT molecular complexity index is 1360. The van der Waals surface area contributed by atoms with Gasteiger partial charge in [-0.25, -0.2) is 4.98 Å². The number of benzene rings is 4. The van der Waals surface area contributed by atoms with Crippen molar-refractivity contribution in [2.75, 3.05) is 0 Å². The number of ether oxygens (including phenoxy) is 2. The van der Waals surface area contributed by atoms with Gasteiger partial charge in [-0.3, -0.25) is 0 Å². The summed E-state index contributed by atoms with van der Waals surface area (Å²) in [5.41, 5.74) is 1.75. The number of aromatic nitrogens is 2. The molecule has 31 heavy (non-hydrogen) atoms. The second-order valence-corrected chi connectivity index (χ2v) is 7.67. The lowest BCUT2D eigenvalue weighted by Gasteiger charge is -2.12. The van der Waals surface area contributed by atoms with Gasteiger partial charge in [0.2, 0.25) is 5.88 Å². The molecule has 0 fully saturated rings. The fourth-order valence-corrected chi connectivity index (χ4v) is 3.55. The predicted octanol–water partition coefficient (Wildman–Crippen LogP) is 7.03. The number of hydrogen-bond donors (Lipinski definition) is 0. The third-order valence-electron chi connectivity index (χ3n) is 4.99. The van der Waals surface area contributed by atoms with E-state index < -0.39 is 0 Å². The minimum Gasteiger partial charge on any atom is -0.491 e. The third kappa shape index (κ3) is 4.05. The number of para-hydroxylation sites is 1. The molecule has 0 saturated carbocycles. The summed E-state index contributed by atoms with van der Waals surface area (Å²) in [7, 11) is 0. The average Bonchev–Trinajstić information content (AvgIpc) is 2.79. The molecule has 0 spiro atoms. The predicted molar refractivity (Wildman–Crippen MR) is 125 cm³/mol. The van der Waals surface area contributed by atoms with Crippen molar-refractivity contribution in [3.63, 3.8) is 0 Å². The molecule has 0 amide bonds. The molecule has 0 bridgehead atoms. The van der Waals surface area contributed by atoms with Gasteiger partial charge in [0, 0.05) is 5.56 Å². The summed E-state index contributed by atoms with van der Waals surface area (Å²) in [6.45, 7) is 4.02. The van der Waals surface area contributed by atoms with E-state index in [4.69, 9.17) is 19.4 Å². The van der Waals surface area contributed by atoms with E-state index in [9.17, 15) is 0 Å². The monoisotopic (exact) mass is 406 g/mol. The molecule has 5 aromatic rings. The van der Waals surface area contributed by atoms with Gasteiger partial charge in [0.15, 0.2) is 5.82 Å². The van der Waals surface area contributed by atoms with Crippen LogP contribution in [0.3, 0.4) is 0 Å². The minimum absolute atomic E-state index is 0.129. The first-order valence-electron chi connectivity index (χ1n) is 10.4. The highest BCUT2D eigenvalue weighted by atomic mass is 16.5. The van der Waals surface area contributed by atoms with Crippen LogP contribution in [0.5, 0.6) is 17.4 Å². The van der Waals surface area contributed by atoms with Crippen molar-refractivity contribution >= 4 is 21.7 Å². The van der Waals surface area contributed by atoms with Gasteiger partial charge in [-0.15, -0.1) is 0 Å². The summed E-state index contributed by atoms with van der Waals surface area (Å²) in [5, 5.41) is 3.17. The van der Waals surface area contributed by atoms with Crippen LogP contribution < -0.4 is 9.47 Å². The highest BCUT2D eigenvalue weighted by Gasteiger charge is 2.12. The molecular weight excluding hydrogens is 384 g/mol. The van der Waals surface area contributed by atoms with Crippen LogP contribution in [0.15, 0.2) is 91.0 Å². The molecule has 0 N–H and O–H groups in total. The molecule has 152 valence electrons. The standard InChI is InChI=1S/C27H22N2O2/c1-18(2)30-22-14-12-20(13-15-22)26-28-25-10-6-5-9-24(25)27(29-26)31-23-16-11-19-7-3-4-8-21(19)17-23/h3-18H,1-2H3. The third-order valence-corrected chi connectivity index (χ3v) is 4.99. The molecule has 4 nitrogen and oxygen atoms in total. The maximum atomic E-state index is 6.26. The number of fused-ring (bicyclic) bond motifs is 2. The second kappa shape index (κ2) is 8.07. The molecule has 1 heterocycles. The van der Waals surface area contributed by atoms with Crippen LogP contribution >= 0.6 is 0 Å². The summed E-state index contributed by atoms with van der Waals surface area (Å²) in [6.07, 6.45) is 0.129. The van der Waals surface area contributed by atoms with E-state index in [0.29, 0.717) is 11.7 Å². The molecule has 0 radical (unpaired) electrons. The Morgan fingerprint density at radius 1 is 0.677 bits per heavy atom. The Morgan fingerprint density at radius 2 is 1.39 bits per heavy atom. The SMILES string of the molecule is CC(C)Oc1ccc(-c2nc(Oc3ccc4ccccc4c3)c3ccccc3n2)cc1. The van der Waals surface area contributed by atoms with Crippen molar-refractivity contribution in [1.82, 2.24) is 9.97 Å². The van der Waals surface area contributed by atoms with Crippen LogP contribution in [0.25, 0.3) is 33.1 Å². The lowest BCUT2D eigenvalue weighted by molar-refractivity contribution is 0.242. The van der Waals surface area contributed by atoms with E-state index in [-0.39, 0.29) is 6.10 Å². The van der Waals surface area contributed by atoms with E-state index in [1.807, 2.05) is 86.6 Å². The number of hydrogen-bond acceptors (Lipinski definition) is 4. The van der Waals surface area contributed by atoms with Crippen molar-refractivity contribution in [2.24, 2.45) is 0 Å². The normalized spacial score (nSPS) is 11.2. The summed E-state index contributed by atoms with van der Waals surface area (Å²) >= 11 is 0. The molecule has 5 rings (SSSR count). The Balaban J connectivity index is 1.55. The Kier molecular flexibility index (Phi) is 4.97. The molecule has 0 aliphatic rings. The maximum absolute atomic E-state index is 6.26. The van der Waals surface area contributed by atoms with E-state index in [1.165, 1.54) is 5.39 Å². The molecule has 0 aliphatic carbocycles. The summed E-state index contributed by atoms with van der Waals surface area (Å²) < 4.78 is 12.0. The van der Waals surface area contributed by atoms with Crippen molar-refractivity contribution in [3.8, 4) is 28.8 Å². The first kappa shape index (κ1) is 19.1. The second-order valence-electron chi connectivity index (χ2n) is 7.67. The molecule has 1 aromatic heterocycles. The van der Waals surface area contributed by atoms with E-state index in [1.54, 1.807) is 0 Å². The van der Waals surface area contributed by atoms with Gasteiger partial charge in [0.1, 0.15) is 11.5 Å². The Labute approximate surface area is 181 Å². The van der Waals surface area contributed by atoms with Crippen LogP contribution in [-0.4, -0.2) is 16.1 Å². The molecule has 0 saturated heterocycles. The molecule has 4 aromatic carbocycles. The number of rotatable bonds is 5. The van der Waals surface area contributed by atoms with E-state index >= 15 is 0 Å². The van der Waals surface area contributed by atoms with Gasteiger partial charge in [0.05, 0.1) is 17.0 Å². The van der Waals surface area contributed by atoms with Gasteiger partial charge in [-0.05, 0) is 73.2 Å². The molecule has 0 unspecified atom stereocenters. The summed E-state index contributed by atoms with van der Waals surface area (Å²) in [4.78, 5) is 9.52. The highest BCUT2D eigenvalue weighted by molar-refractivity contribution is 5.86. The molecule has 0 atom stereocenters. The Hall–Kier alpha value is -3.92. The van der Waals surface area contributed by atoms with Gasteiger partial charge in [0.25, 0.3) is 0 Å². The molecule has 4 heteroatoms. The minimum atomic E-state index is 0.129. The first-order valence-corrected chi connectivity index (χ1v) is 10.4. The maximum Gasteiger partial charge on any atom is 0.230 e. The van der Waals surface area contributed by atoms with Gasteiger partial charge < -0.3 is 9.47 Å². The lowest BCUT2D eigenvalue weighted by atomic mass is 10.1. The zero-order chi connectivity index (χ0) is 21.2. The van der Waals surface area contributed by atoms with Crippen molar-refractivity contribution in [1.29, 1.82) is 0 Å². The van der Waals surface area contributed by atoms with Crippen LogP contribution in [0, 0.1) is 0 Å². The fraction of sp³-hybridized carbons (Fsp3) is 0.111. The Morgan fingerprint density at radius 3 is 2.19 bits per heavy atom. The van der Waals surface area contributed by atoms with Crippen LogP contribution in [0.4, 0.5) is 0 Å². The van der Waals surface area contributed by atoms with Crippen LogP contribution in [-0.2, 0) is 0 Å². The average molecular weight is 406 g/mol. The smallest absolute Gasteiger partial charge is 0.230 e. The summed E-state index contributed by atoms with van der Waals surface area (Å²) in [6, 6.07) is 30.0. The first-order chi connectivity index (χ1) is 15.2. The van der Waals surface area contributed by atoms with Crippen molar-refractivity contribution in [2.45, 2.75) is 20.0 Å². The van der Waals surface area contributed by atoms with E-state index in [2.05, 4.69) is 18.2 Å². The van der Waals surface area contributed by atoms with Crippen molar-refractivity contribution < 1.29 is 9.47 Å².